The second-order valence-corrected chi connectivity index (χ2v) is 3.03. The Balaban J connectivity index is 0. The van der Waals surface area contributed by atoms with Crippen molar-refractivity contribution in [3.05, 3.63) is 0 Å². The number of carboxylic acids is 1. The quantitative estimate of drug-likeness (QED) is 0.406. The molecule has 0 saturated heterocycles. The van der Waals surface area contributed by atoms with Gasteiger partial charge in [-0.25, -0.2) is 0 Å². The number of carboxylic acid groups (broad SMARTS) is 1. The maximum Gasteiger partial charge on any atom is 1.00 e. The SMILES string of the molecule is CCS[C@H](C)C(=O)[O-].[Na+]. The Kier molecular flexibility index (Phi) is 9.62. The molecule has 0 heterocycles. The van der Waals surface area contributed by atoms with Gasteiger partial charge in [0.2, 0.25) is 0 Å². The van der Waals surface area contributed by atoms with Gasteiger partial charge in [0.15, 0.2) is 0 Å². The summed E-state index contributed by atoms with van der Waals surface area (Å²) in [6, 6.07) is 0. The number of thioether (sulfide) groups is 1. The van der Waals surface area contributed by atoms with Gasteiger partial charge in [-0.3, -0.25) is 0 Å². The zero-order chi connectivity index (χ0) is 6.57. The van der Waals surface area contributed by atoms with Crippen molar-refractivity contribution in [2.24, 2.45) is 0 Å². The molecule has 0 aromatic carbocycles. The number of aliphatic carboxylic acids is 1. The Morgan fingerprint density at radius 3 is 2.33 bits per heavy atom. The largest absolute Gasteiger partial charge is 1.00 e. The summed E-state index contributed by atoms with van der Waals surface area (Å²) in [5.41, 5.74) is 0. The molecule has 0 aromatic rings. The van der Waals surface area contributed by atoms with E-state index in [1.165, 1.54) is 11.8 Å². The van der Waals surface area contributed by atoms with Crippen LogP contribution in [-0.2, 0) is 4.79 Å². The third-order valence-corrected chi connectivity index (χ3v) is 1.77. The molecule has 48 valence electrons. The number of carbonyl (C=O) groups excluding carboxylic acids is 1. The summed E-state index contributed by atoms with van der Waals surface area (Å²) in [6.45, 7) is 3.55. The molecule has 0 fully saturated rings. The van der Waals surface area contributed by atoms with Crippen LogP contribution in [0.4, 0.5) is 0 Å². The first-order chi connectivity index (χ1) is 3.68. The summed E-state index contributed by atoms with van der Waals surface area (Å²) in [6.07, 6.45) is 0. The van der Waals surface area contributed by atoms with E-state index in [2.05, 4.69) is 0 Å². The van der Waals surface area contributed by atoms with E-state index in [4.69, 9.17) is 0 Å². The Bertz CT molecular complexity index is 87.0. The summed E-state index contributed by atoms with van der Waals surface area (Å²) < 4.78 is 0. The summed E-state index contributed by atoms with van der Waals surface area (Å²) >= 11 is 1.38. The molecule has 0 bridgehead atoms. The van der Waals surface area contributed by atoms with Gasteiger partial charge < -0.3 is 9.90 Å². The topological polar surface area (TPSA) is 40.1 Å². The zero-order valence-corrected chi connectivity index (χ0v) is 8.83. The number of carbonyl (C=O) groups is 1. The standard InChI is InChI=1S/C5H10O2S.Na/c1-3-8-4(2)5(6)7;/h4H,3H2,1-2H3,(H,6,7);/q;+1/p-1/t4-;/m1./s1. The monoisotopic (exact) mass is 156 g/mol. The average molecular weight is 156 g/mol. The molecular weight excluding hydrogens is 147 g/mol. The Morgan fingerprint density at radius 1 is 1.78 bits per heavy atom. The van der Waals surface area contributed by atoms with Crippen molar-refractivity contribution in [3.63, 3.8) is 0 Å². The first-order valence-electron chi connectivity index (χ1n) is 2.51. The van der Waals surface area contributed by atoms with Crippen molar-refractivity contribution >= 4 is 17.7 Å². The van der Waals surface area contributed by atoms with Gasteiger partial charge in [-0.15, -0.1) is 0 Å². The first kappa shape index (κ1) is 12.5. The molecule has 9 heavy (non-hydrogen) atoms. The predicted molar refractivity (Wildman–Crippen MR) is 32.6 cm³/mol. The van der Waals surface area contributed by atoms with Crippen LogP contribution in [0.2, 0.25) is 0 Å². The van der Waals surface area contributed by atoms with Crippen LogP contribution in [0.1, 0.15) is 13.8 Å². The van der Waals surface area contributed by atoms with E-state index < -0.39 is 5.97 Å². The maximum atomic E-state index is 9.96. The van der Waals surface area contributed by atoms with Crippen LogP contribution in [-0.4, -0.2) is 17.0 Å². The van der Waals surface area contributed by atoms with Crippen molar-refractivity contribution in [2.75, 3.05) is 5.75 Å². The fourth-order valence-corrected chi connectivity index (χ4v) is 0.954. The molecule has 4 heteroatoms. The number of hydrogen-bond donors (Lipinski definition) is 0. The van der Waals surface area contributed by atoms with Crippen molar-refractivity contribution in [1.29, 1.82) is 0 Å². The maximum absolute atomic E-state index is 9.96. The molecule has 0 spiro atoms. The van der Waals surface area contributed by atoms with Gasteiger partial charge in [-0.2, -0.15) is 11.8 Å². The normalized spacial score (nSPS) is 11.8. The third-order valence-electron chi connectivity index (χ3n) is 0.749. The molecule has 0 aliphatic rings. The molecule has 0 saturated carbocycles. The minimum atomic E-state index is -0.975. The fraction of sp³-hybridized carbons (Fsp3) is 0.800. The third kappa shape index (κ3) is 6.71. The van der Waals surface area contributed by atoms with Gasteiger partial charge in [0.05, 0.1) is 5.97 Å². The molecule has 0 aliphatic carbocycles. The second kappa shape index (κ2) is 6.93. The van der Waals surface area contributed by atoms with Crippen molar-refractivity contribution < 1.29 is 39.5 Å². The molecule has 0 radical (unpaired) electrons. The summed E-state index contributed by atoms with van der Waals surface area (Å²) in [5.74, 6) is -0.147. The average Bonchev–Trinajstić information content (AvgIpc) is 1.67. The zero-order valence-electron chi connectivity index (χ0n) is 6.01. The molecule has 0 aromatic heterocycles. The van der Waals surface area contributed by atoms with Crippen LogP contribution >= 0.6 is 11.8 Å². The minimum absolute atomic E-state index is 0. The van der Waals surface area contributed by atoms with Gasteiger partial charge in [0.1, 0.15) is 0 Å². The van der Waals surface area contributed by atoms with E-state index in [1.54, 1.807) is 6.92 Å². The van der Waals surface area contributed by atoms with Crippen molar-refractivity contribution in [3.8, 4) is 0 Å². The van der Waals surface area contributed by atoms with Gasteiger partial charge in [-0.05, 0) is 12.7 Å². The molecule has 0 unspecified atom stereocenters. The van der Waals surface area contributed by atoms with Crippen molar-refractivity contribution in [2.45, 2.75) is 19.1 Å². The molecule has 0 N–H and O–H groups in total. The summed E-state index contributed by atoms with van der Waals surface area (Å²) in [7, 11) is 0. The first-order valence-corrected chi connectivity index (χ1v) is 3.55. The van der Waals surface area contributed by atoms with Gasteiger partial charge in [-0.1, -0.05) is 6.92 Å². The van der Waals surface area contributed by atoms with E-state index in [0.717, 1.165) is 5.75 Å². The van der Waals surface area contributed by atoms with Crippen LogP contribution in [0.15, 0.2) is 0 Å². The van der Waals surface area contributed by atoms with Crippen LogP contribution in [0, 0.1) is 0 Å². The summed E-state index contributed by atoms with van der Waals surface area (Å²) in [4.78, 5) is 9.96. The minimum Gasteiger partial charge on any atom is -0.549 e. The second-order valence-electron chi connectivity index (χ2n) is 1.42. The van der Waals surface area contributed by atoms with Gasteiger partial charge >= 0.3 is 29.6 Å². The van der Waals surface area contributed by atoms with Gasteiger partial charge in [0.25, 0.3) is 0 Å². The molecule has 2 nitrogen and oxygen atoms in total. The van der Waals surface area contributed by atoms with E-state index in [1.807, 2.05) is 6.92 Å². The van der Waals surface area contributed by atoms with E-state index in [0.29, 0.717) is 0 Å². The van der Waals surface area contributed by atoms with E-state index >= 15 is 0 Å². The van der Waals surface area contributed by atoms with Crippen LogP contribution in [0.3, 0.4) is 0 Å². The Morgan fingerprint density at radius 2 is 2.22 bits per heavy atom. The van der Waals surface area contributed by atoms with Crippen LogP contribution in [0.25, 0.3) is 0 Å². The molecule has 1 atom stereocenters. The van der Waals surface area contributed by atoms with E-state index in [-0.39, 0.29) is 34.8 Å². The Labute approximate surface area is 81.7 Å². The smallest absolute Gasteiger partial charge is 0.549 e. The fourth-order valence-electron chi connectivity index (χ4n) is 0.318. The number of rotatable bonds is 3. The number of hydrogen-bond acceptors (Lipinski definition) is 3. The molecule has 0 amide bonds. The van der Waals surface area contributed by atoms with Crippen LogP contribution < -0.4 is 34.7 Å². The molecular formula is C5H9NaO2S. The van der Waals surface area contributed by atoms with Crippen molar-refractivity contribution in [1.82, 2.24) is 0 Å². The van der Waals surface area contributed by atoms with Crippen LogP contribution in [0.5, 0.6) is 0 Å². The predicted octanol–water partition coefficient (Wildman–Crippen LogP) is -3.12. The summed E-state index contributed by atoms with van der Waals surface area (Å²) in [5, 5.41) is 9.60. The molecule has 0 aliphatic heterocycles. The van der Waals surface area contributed by atoms with Gasteiger partial charge in [0, 0.05) is 5.25 Å². The Hall–Kier alpha value is 0.820. The van der Waals surface area contributed by atoms with E-state index in [9.17, 15) is 9.90 Å². The molecule has 0 rings (SSSR count).